The first-order valence-electron chi connectivity index (χ1n) is 7.62. The number of ether oxygens (including phenoxy) is 1. The highest BCUT2D eigenvalue weighted by Crippen LogP contribution is 2.29. The van der Waals surface area contributed by atoms with E-state index in [-0.39, 0.29) is 6.04 Å². The highest BCUT2D eigenvalue weighted by atomic mass is 16.5. The molecule has 110 valence electrons. The van der Waals surface area contributed by atoms with Crippen LogP contribution in [0.25, 0.3) is 0 Å². The first-order chi connectivity index (χ1) is 10.4. The Hall–Kier alpha value is -1.84. The van der Waals surface area contributed by atoms with E-state index in [1.807, 2.05) is 0 Å². The molecule has 1 aliphatic heterocycles. The summed E-state index contributed by atoms with van der Waals surface area (Å²) in [5.74, 6) is 6.77. The average Bonchev–Trinajstić information content (AvgIpc) is 3.00. The first kappa shape index (κ1) is 14.1. The molecular weight excluding hydrogens is 260 g/mol. The molecule has 0 saturated heterocycles. The highest BCUT2D eigenvalue weighted by Gasteiger charge is 2.16. The lowest BCUT2D eigenvalue weighted by molar-refractivity contribution is 0.356. The molecule has 3 heteroatoms. The Balaban J connectivity index is 1.60. The number of aryl methyl sites for hydroxylation is 1. The molecule has 0 spiro atoms. The summed E-state index contributed by atoms with van der Waals surface area (Å²) in [6.45, 7) is 0.799. The van der Waals surface area contributed by atoms with E-state index >= 15 is 0 Å². The molecule has 3 nitrogen and oxygen atoms in total. The van der Waals surface area contributed by atoms with Crippen LogP contribution >= 0.6 is 0 Å². The van der Waals surface area contributed by atoms with E-state index in [0.717, 1.165) is 38.0 Å². The van der Waals surface area contributed by atoms with Gasteiger partial charge in [0, 0.05) is 12.5 Å². The average molecular weight is 282 g/mol. The Labute approximate surface area is 126 Å². The molecule has 3 N–H and O–H groups in total. The molecule has 21 heavy (non-hydrogen) atoms. The van der Waals surface area contributed by atoms with Gasteiger partial charge in [-0.05, 0) is 42.0 Å². The minimum Gasteiger partial charge on any atom is -0.493 e. The Morgan fingerprint density at radius 3 is 2.81 bits per heavy atom. The summed E-state index contributed by atoms with van der Waals surface area (Å²) < 4.78 is 5.55. The van der Waals surface area contributed by atoms with Gasteiger partial charge in [-0.3, -0.25) is 11.3 Å². The second-order valence-electron chi connectivity index (χ2n) is 5.56. The number of hydrogen-bond acceptors (Lipinski definition) is 3. The highest BCUT2D eigenvalue weighted by molar-refractivity contribution is 5.40. The molecule has 2 aromatic carbocycles. The number of nitrogens with one attached hydrogen (secondary N) is 1. The molecule has 3 rings (SSSR count). The molecule has 1 heterocycles. The lowest BCUT2D eigenvalue weighted by atomic mass is 9.97. The third-order valence-electron chi connectivity index (χ3n) is 4.12. The number of hydrogen-bond donors (Lipinski definition) is 2. The summed E-state index contributed by atoms with van der Waals surface area (Å²) in [5.41, 5.74) is 6.90. The summed E-state index contributed by atoms with van der Waals surface area (Å²) in [6, 6.07) is 17.2. The van der Waals surface area contributed by atoms with Crippen LogP contribution in [0, 0.1) is 0 Å². The fourth-order valence-corrected chi connectivity index (χ4v) is 2.92. The largest absolute Gasteiger partial charge is 0.493 e. The minimum atomic E-state index is 0.208. The molecule has 0 saturated carbocycles. The number of benzene rings is 2. The van der Waals surface area contributed by atoms with E-state index in [1.54, 1.807) is 0 Å². The quantitative estimate of drug-likeness (QED) is 0.632. The van der Waals surface area contributed by atoms with Crippen LogP contribution in [0.4, 0.5) is 0 Å². The Kier molecular flexibility index (Phi) is 4.53. The van der Waals surface area contributed by atoms with Crippen molar-refractivity contribution in [2.45, 2.75) is 31.7 Å². The van der Waals surface area contributed by atoms with Crippen LogP contribution in [-0.4, -0.2) is 6.61 Å². The third-order valence-corrected chi connectivity index (χ3v) is 4.12. The molecule has 0 amide bonds. The number of rotatable bonds is 6. The van der Waals surface area contributed by atoms with Crippen molar-refractivity contribution in [2.24, 2.45) is 5.84 Å². The number of hydrazine groups is 1. The van der Waals surface area contributed by atoms with E-state index in [9.17, 15) is 0 Å². The Bertz CT molecular complexity index is 583. The molecular formula is C18H22N2O. The Morgan fingerprint density at radius 1 is 1.14 bits per heavy atom. The predicted molar refractivity (Wildman–Crippen MR) is 85.1 cm³/mol. The summed E-state index contributed by atoms with van der Waals surface area (Å²) in [4.78, 5) is 0. The molecule has 1 atom stereocenters. The normalized spacial score (nSPS) is 14.5. The van der Waals surface area contributed by atoms with Crippen LogP contribution in [0.15, 0.2) is 48.5 Å². The van der Waals surface area contributed by atoms with Crippen molar-refractivity contribution in [1.29, 1.82) is 0 Å². The molecule has 0 aliphatic carbocycles. The maximum absolute atomic E-state index is 5.75. The van der Waals surface area contributed by atoms with Crippen molar-refractivity contribution >= 4 is 0 Å². The zero-order valence-corrected chi connectivity index (χ0v) is 12.2. The fraction of sp³-hybridized carbons (Fsp3) is 0.333. The molecule has 1 unspecified atom stereocenters. The smallest absolute Gasteiger partial charge is 0.122 e. The standard InChI is InChI=1S/C18H22N2O/c19-20-17(8-4-7-14-5-2-1-3-6-14)15-9-10-18-16(13-15)11-12-21-18/h1-3,5-6,9-10,13,17,20H,4,7-8,11-12,19H2. The van der Waals surface area contributed by atoms with Gasteiger partial charge < -0.3 is 4.74 Å². The molecule has 0 radical (unpaired) electrons. The third kappa shape index (κ3) is 3.43. The van der Waals surface area contributed by atoms with Gasteiger partial charge in [-0.2, -0.15) is 0 Å². The summed E-state index contributed by atoms with van der Waals surface area (Å²) in [7, 11) is 0. The van der Waals surface area contributed by atoms with Crippen molar-refractivity contribution in [3.05, 3.63) is 65.2 Å². The van der Waals surface area contributed by atoms with Crippen molar-refractivity contribution in [3.8, 4) is 5.75 Å². The van der Waals surface area contributed by atoms with Gasteiger partial charge in [0.05, 0.1) is 6.61 Å². The molecule has 0 fully saturated rings. The van der Waals surface area contributed by atoms with Crippen molar-refractivity contribution < 1.29 is 4.74 Å². The fourth-order valence-electron chi connectivity index (χ4n) is 2.92. The summed E-state index contributed by atoms with van der Waals surface area (Å²) in [6.07, 6.45) is 4.25. The first-order valence-corrected chi connectivity index (χ1v) is 7.62. The van der Waals surface area contributed by atoms with Gasteiger partial charge in [-0.25, -0.2) is 0 Å². The summed E-state index contributed by atoms with van der Waals surface area (Å²) in [5, 5.41) is 0. The van der Waals surface area contributed by atoms with Crippen LogP contribution in [0.2, 0.25) is 0 Å². The van der Waals surface area contributed by atoms with Gasteiger partial charge in [-0.1, -0.05) is 42.5 Å². The number of fused-ring (bicyclic) bond motifs is 1. The molecule has 0 bridgehead atoms. The van der Waals surface area contributed by atoms with Gasteiger partial charge in [0.1, 0.15) is 5.75 Å². The molecule has 2 aromatic rings. The maximum atomic E-state index is 5.75. The van der Waals surface area contributed by atoms with E-state index in [1.165, 1.54) is 16.7 Å². The molecule has 0 aromatic heterocycles. The van der Waals surface area contributed by atoms with E-state index in [4.69, 9.17) is 10.6 Å². The minimum absolute atomic E-state index is 0.208. The van der Waals surface area contributed by atoms with Gasteiger partial charge in [0.25, 0.3) is 0 Å². The van der Waals surface area contributed by atoms with Gasteiger partial charge in [0.15, 0.2) is 0 Å². The zero-order valence-electron chi connectivity index (χ0n) is 12.2. The van der Waals surface area contributed by atoms with Crippen molar-refractivity contribution in [3.63, 3.8) is 0 Å². The maximum Gasteiger partial charge on any atom is 0.122 e. The topological polar surface area (TPSA) is 47.3 Å². The van der Waals surface area contributed by atoms with Gasteiger partial charge in [0.2, 0.25) is 0 Å². The van der Waals surface area contributed by atoms with E-state index < -0.39 is 0 Å². The lowest BCUT2D eigenvalue weighted by Gasteiger charge is -2.17. The van der Waals surface area contributed by atoms with E-state index in [0.29, 0.717) is 0 Å². The Morgan fingerprint density at radius 2 is 2.00 bits per heavy atom. The second kappa shape index (κ2) is 6.74. The predicted octanol–water partition coefficient (Wildman–Crippen LogP) is 3.15. The van der Waals surface area contributed by atoms with Crippen LogP contribution in [0.1, 0.15) is 35.6 Å². The van der Waals surface area contributed by atoms with Crippen LogP contribution in [0.3, 0.4) is 0 Å². The number of nitrogens with two attached hydrogens (primary N) is 1. The monoisotopic (exact) mass is 282 g/mol. The van der Waals surface area contributed by atoms with Crippen molar-refractivity contribution in [1.82, 2.24) is 5.43 Å². The van der Waals surface area contributed by atoms with Gasteiger partial charge in [-0.15, -0.1) is 0 Å². The van der Waals surface area contributed by atoms with Gasteiger partial charge >= 0.3 is 0 Å². The van der Waals surface area contributed by atoms with E-state index in [2.05, 4.69) is 54.0 Å². The summed E-state index contributed by atoms with van der Waals surface area (Å²) >= 11 is 0. The lowest BCUT2D eigenvalue weighted by Crippen LogP contribution is -2.28. The molecule has 1 aliphatic rings. The second-order valence-corrected chi connectivity index (χ2v) is 5.56. The van der Waals surface area contributed by atoms with Crippen LogP contribution in [0.5, 0.6) is 5.75 Å². The van der Waals surface area contributed by atoms with Crippen LogP contribution < -0.4 is 16.0 Å². The van der Waals surface area contributed by atoms with Crippen LogP contribution in [-0.2, 0) is 12.8 Å². The SMILES string of the molecule is NNC(CCCc1ccccc1)c1ccc2c(c1)CCO2. The van der Waals surface area contributed by atoms with Crippen molar-refractivity contribution in [2.75, 3.05) is 6.61 Å². The zero-order chi connectivity index (χ0) is 14.5.